The first-order valence-corrected chi connectivity index (χ1v) is 9.57. The maximum atomic E-state index is 12.5. The van der Waals surface area contributed by atoms with Gasteiger partial charge < -0.3 is 25.2 Å². The van der Waals surface area contributed by atoms with Crippen LogP contribution in [-0.2, 0) is 6.61 Å². The standard InChI is InChI=1S/C22H24N4O4/c1-4-23-22(28)25-18-7-5-6-17(12-18)24-21(27)16-8-10-19(11-9-16)29-13-20-14(2)26-30-15(20)3/h5-12H,4,13H2,1-3H3,(H,24,27)(H2,23,25,28). The van der Waals surface area contributed by atoms with E-state index in [-0.39, 0.29) is 11.9 Å². The summed E-state index contributed by atoms with van der Waals surface area (Å²) in [5, 5.41) is 12.1. The summed E-state index contributed by atoms with van der Waals surface area (Å²) in [6.07, 6.45) is 0. The number of nitrogens with zero attached hydrogens (tertiary/aromatic N) is 1. The molecule has 1 aromatic heterocycles. The first kappa shape index (κ1) is 20.9. The van der Waals surface area contributed by atoms with Crippen molar-refractivity contribution in [1.29, 1.82) is 0 Å². The van der Waals surface area contributed by atoms with Gasteiger partial charge in [-0.05, 0) is 63.2 Å². The fraction of sp³-hybridized carbons (Fsp3) is 0.227. The Kier molecular flexibility index (Phi) is 6.69. The predicted octanol–water partition coefficient (Wildman–Crippen LogP) is 4.26. The van der Waals surface area contributed by atoms with Crippen LogP contribution >= 0.6 is 0 Å². The third-order valence-electron chi connectivity index (χ3n) is 4.40. The molecule has 0 spiro atoms. The van der Waals surface area contributed by atoms with Crippen molar-refractivity contribution in [2.75, 3.05) is 17.2 Å². The van der Waals surface area contributed by atoms with Gasteiger partial charge in [0.15, 0.2) is 0 Å². The molecule has 156 valence electrons. The lowest BCUT2D eigenvalue weighted by Gasteiger charge is -2.10. The van der Waals surface area contributed by atoms with Gasteiger partial charge in [-0.3, -0.25) is 4.79 Å². The summed E-state index contributed by atoms with van der Waals surface area (Å²) in [6, 6.07) is 13.5. The molecule has 0 aliphatic carbocycles. The molecule has 3 N–H and O–H groups in total. The summed E-state index contributed by atoms with van der Waals surface area (Å²) in [5.41, 5.74) is 3.36. The Balaban J connectivity index is 1.59. The van der Waals surface area contributed by atoms with Gasteiger partial charge in [0, 0.05) is 23.5 Å². The van der Waals surface area contributed by atoms with Gasteiger partial charge in [0.2, 0.25) is 0 Å². The van der Waals surface area contributed by atoms with Gasteiger partial charge in [-0.1, -0.05) is 11.2 Å². The number of ether oxygens (including phenoxy) is 1. The quantitative estimate of drug-likeness (QED) is 0.542. The van der Waals surface area contributed by atoms with Gasteiger partial charge >= 0.3 is 6.03 Å². The van der Waals surface area contributed by atoms with E-state index in [1.165, 1.54) is 0 Å². The molecular weight excluding hydrogens is 384 g/mol. The maximum Gasteiger partial charge on any atom is 0.319 e. The zero-order chi connectivity index (χ0) is 21.5. The van der Waals surface area contributed by atoms with Gasteiger partial charge in [-0.15, -0.1) is 0 Å². The first-order chi connectivity index (χ1) is 14.5. The summed E-state index contributed by atoms with van der Waals surface area (Å²) in [5.74, 6) is 1.11. The molecule has 0 atom stereocenters. The average Bonchev–Trinajstić information content (AvgIpc) is 3.04. The van der Waals surface area contributed by atoms with Crippen LogP contribution in [0.25, 0.3) is 0 Å². The normalized spacial score (nSPS) is 10.4. The van der Waals surface area contributed by atoms with Crippen LogP contribution in [0.5, 0.6) is 5.75 Å². The van der Waals surface area contributed by atoms with E-state index in [0.717, 1.165) is 17.0 Å². The van der Waals surface area contributed by atoms with E-state index < -0.39 is 0 Å². The molecule has 3 rings (SSSR count). The zero-order valence-electron chi connectivity index (χ0n) is 17.1. The highest BCUT2D eigenvalue weighted by molar-refractivity contribution is 6.04. The van der Waals surface area contributed by atoms with Crippen molar-refractivity contribution in [2.45, 2.75) is 27.4 Å². The fourth-order valence-corrected chi connectivity index (χ4v) is 2.78. The number of carbonyl (C=O) groups excluding carboxylic acids is 2. The minimum absolute atomic E-state index is 0.262. The topological polar surface area (TPSA) is 105 Å². The monoisotopic (exact) mass is 408 g/mol. The van der Waals surface area contributed by atoms with Crippen molar-refractivity contribution in [1.82, 2.24) is 10.5 Å². The minimum Gasteiger partial charge on any atom is -0.489 e. The molecule has 0 saturated carbocycles. The van der Waals surface area contributed by atoms with Crippen LogP contribution < -0.4 is 20.7 Å². The van der Waals surface area contributed by atoms with Crippen LogP contribution in [0.3, 0.4) is 0 Å². The largest absolute Gasteiger partial charge is 0.489 e. The summed E-state index contributed by atoms with van der Waals surface area (Å²) in [4.78, 5) is 24.2. The highest BCUT2D eigenvalue weighted by atomic mass is 16.5. The number of aromatic nitrogens is 1. The average molecular weight is 408 g/mol. The van der Waals surface area contributed by atoms with Gasteiger partial charge in [-0.2, -0.15) is 0 Å². The summed E-state index contributed by atoms with van der Waals surface area (Å²) >= 11 is 0. The molecule has 3 amide bonds. The van der Waals surface area contributed by atoms with Gasteiger partial charge in [0.05, 0.1) is 11.3 Å². The Morgan fingerprint density at radius 1 is 1.03 bits per heavy atom. The first-order valence-electron chi connectivity index (χ1n) is 9.57. The number of amides is 3. The molecule has 1 heterocycles. The lowest BCUT2D eigenvalue weighted by Crippen LogP contribution is -2.28. The summed E-state index contributed by atoms with van der Waals surface area (Å²) in [7, 11) is 0. The Hall–Kier alpha value is -3.81. The molecule has 3 aromatic rings. The smallest absolute Gasteiger partial charge is 0.319 e. The molecule has 0 bridgehead atoms. The van der Waals surface area contributed by atoms with Crippen molar-refractivity contribution in [3.05, 3.63) is 71.1 Å². The Morgan fingerprint density at radius 2 is 1.73 bits per heavy atom. The van der Waals surface area contributed by atoms with Gasteiger partial charge in [0.25, 0.3) is 5.91 Å². The number of aryl methyl sites for hydroxylation is 2. The number of nitrogens with one attached hydrogen (secondary N) is 3. The number of hydrogen-bond donors (Lipinski definition) is 3. The number of anilines is 2. The molecule has 30 heavy (non-hydrogen) atoms. The SMILES string of the molecule is CCNC(=O)Nc1cccc(NC(=O)c2ccc(OCc3c(C)noc3C)cc2)c1. The molecule has 0 aliphatic rings. The number of rotatable bonds is 7. The third-order valence-corrected chi connectivity index (χ3v) is 4.40. The molecule has 8 nitrogen and oxygen atoms in total. The number of benzene rings is 2. The van der Waals surface area contributed by atoms with Crippen LogP contribution in [-0.4, -0.2) is 23.6 Å². The summed E-state index contributed by atoms with van der Waals surface area (Å²) < 4.78 is 10.9. The van der Waals surface area contributed by atoms with Crippen LogP contribution in [0.4, 0.5) is 16.2 Å². The van der Waals surface area contributed by atoms with Gasteiger partial charge in [0.1, 0.15) is 18.1 Å². The van der Waals surface area contributed by atoms with E-state index in [0.29, 0.717) is 35.8 Å². The van der Waals surface area contributed by atoms with Crippen molar-refractivity contribution < 1.29 is 18.8 Å². The second-order valence-corrected chi connectivity index (χ2v) is 6.64. The molecule has 0 fully saturated rings. The van der Waals surface area contributed by atoms with Gasteiger partial charge in [-0.25, -0.2) is 4.79 Å². The number of hydrogen-bond acceptors (Lipinski definition) is 5. The Morgan fingerprint density at radius 3 is 2.37 bits per heavy atom. The van der Waals surface area contributed by atoms with Crippen LogP contribution in [0.2, 0.25) is 0 Å². The molecule has 8 heteroatoms. The minimum atomic E-state index is -0.298. The number of urea groups is 1. The molecule has 0 unspecified atom stereocenters. The molecule has 0 radical (unpaired) electrons. The Labute approximate surface area is 174 Å². The number of carbonyl (C=O) groups is 2. The maximum absolute atomic E-state index is 12.5. The zero-order valence-corrected chi connectivity index (χ0v) is 17.1. The predicted molar refractivity (Wildman–Crippen MR) is 114 cm³/mol. The van der Waals surface area contributed by atoms with E-state index >= 15 is 0 Å². The molecule has 0 aliphatic heterocycles. The third kappa shape index (κ3) is 5.38. The van der Waals surface area contributed by atoms with Crippen molar-refractivity contribution in [3.8, 4) is 5.75 Å². The summed E-state index contributed by atoms with van der Waals surface area (Å²) in [6.45, 7) is 6.41. The highest BCUT2D eigenvalue weighted by Gasteiger charge is 2.11. The van der Waals surface area contributed by atoms with Crippen molar-refractivity contribution in [3.63, 3.8) is 0 Å². The molecule has 2 aromatic carbocycles. The fourth-order valence-electron chi connectivity index (χ4n) is 2.78. The van der Waals surface area contributed by atoms with Crippen LogP contribution in [0, 0.1) is 13.8 Å². The van der Waals surface area contributed by atoms with E-state index in [4.69, 9.17) is 9.26 Å². The van der Waals surface area contributed by atoms with E-state index in [1.54, 1.807) is 48.5 Å². The van der Waals surface area contributed by atoms with E-state index in [1.807, 2.05) is 20.8 Å². The van der Waals surface area contributed by atoms with E-state index in [2.05, 4.69) is 21.1 Å². The second kappa shape index (κ2) is 9.60. The van der Waals surface area contributed by atoms with E-state index in [9.17, 15) is 9.59 Å². The lowest BCUT2D eigenvalue weighted by molar-refractivity contribution is 0.102. The Bertz CT molecular complexity index is 1010. The molecule has 0 saturated heterocycles. The van der Waals surface area contributed by atoms with Crippen LogP contribution in [0.15, 0.2) is 53.1 Å². The second-order valence-electron chi connectivity index (χ2n) is 6.64. The van der Waals surface area contributed by atoms with Crippen molar-refractivity contribution in [2.24, 2.45) is 0 Å². The highest BCUT2D eigenvalue weighted by Crippen LogP contribution is 2.19. The van der Waals surface area contributed by atoms with Crippen LogP contribution in [0.1, 0.15) is 34.3 Å². The molecular formula is C22H24N4O4. The van der Waals surface area contributed by atoms with Crippen molar-refractivity contribution >= 4 is 23.3 Å². The lowest BCUT2D eigenvalue weighted by atomic mass is 10.2.